The highest BCUT2D eigenvalue weighted by atomic mass is 79.9. The first-order chi connectivity index (χ1) is 4.30. The molecule has 0 aromatic rings. The Labute approximate surface area is 64.0 Å². The number of carbonyl (C=O) groups excluding carboxylic acids is 1. The Morgan fingerprint density at radius 1 is 1.33 bits per heavy atom. The van der Waals surface area contributed by atoms with E-state index in [1.807, 2.05) is 0 Å². The smallest absolute Gasteiger partial charge is 0.146 e. The number of halogens is 1. The third-order valence-electron chi connectivity index (χ3n) is 1.73. The highest BCUT2D eigenvalue weighted by molar-refractivity contribution is 9.10. The van der Waals surface area contributed by atoms with Gasteiger partial charge in [-0.2, -0.15) is 0 Å². The molecule has 1 atom stereocenters. The predicted molar refractivity (Wildman–Crippen MR) is 40.8 cm³/mol. The molecule has 0 radical (unpaired) electrons. The molecule has 0 amide bonds. The van der Waals surface area contributed by atoms with Gasteiger partial charge in [-0.15, -0.1) is 0 Å². The lowest BCUT2D eigenvalue weighted by molar-refractivity contribution is -0.118. The predicted octanol–water partition coefficient (Wildman–Crippen LogP) is 2.28. The van der Waals surface area contributed by atoms with Gasteiger partial charge in [0.2, 0.25) is 0 Å². The van der Waals surface area contributed by atoms with Gasteiger partial charge in [-0.05, 0) is 12.8 Å². The molecule has 0 aliphatic heterocycles. The second-order valence-corrected chi connectivity index (χ2v) is 3.64. The number of carbonyl (C=O) groups is 1. The van der Waals surface area contributed by atoms with Crippen LogP contribution in [0.5, 0.6) is 0 Å². The van der Waals surface area contributed by atoms with Gasteiger partial charge >= 0.3 is 0 Å². The number of rotatable bonds is 0. The van der Waals surface area contributed by atoms with Crippen molar-refractivity contribution in [2.75, 3.05) is 0 Å². The van der Waals surface area contributed by atoms with E-state index in [1.165, 1.54) is 12.8 Å². The first kappa shape index (κ1) is 7.26. The summed E-state index contributed by atoms with van der Waals surface area (Å²) >= 11 is 3.35. The molecule has 0 spiro atoms. The van der Waals surface area contributed by atoms with Crippen LogP contribution in [0.15, 0.2) is 0 Å². The Hall–Kier alpha value is 0.150. The van der Waals surface area contributed by atoms with Crippen LogP contribution < -0.4 is 0 Å². The van der Waals surface area contributed by atoms with Crippen LogP contribution in [0.1, 0.15) is 32.1 Å². The third kappa shape index (κ3) is 2.09. The molecule has 52 valence electrons. The molecule has 1 aliphatic carbocycles. The van der Waals surface area contributed by atoms with E-state index in [9.17, 15) is 4.79 Å². The first-order valence-electron chi connectivity index (χ1n) is 3.47. The van der Waals surface area contributed by atoms with Gasteiger partial charge in [-0.25, -0.2) is 0 Å². The lowest BCUT2D eigenvalue weighted by Gasteiger charge is -2.00. The molecule has 2 heteroatoms. The fourth-order valence-corrected chi connectivity index (χ4v) is 1.67. The van der Waals surface area contributed by atoms with E-state index < -0.39 is 0 Å². The van der Waals surface area contributed by atoms with Crippen molar-refractivity contribution in [3.63, 3.8) is 0 Å². The molecular formula is C7H11BrO. The molecule has 0 saturated heterocycles. The standard InChI is InChI=1S/C7H11BrO/c8-6-4-2-1-3-5-7(6)9/h6H,1-5H2/t6-/m1/s1. The SMILES string of the molecule is O=C1CCCCC[C@H]1Br. The summed E-state index contributed by atoms with van der Waals surface area (Å²) in [5.41, 5.74) is 0. The second-order valence-electron chi connectivity index (χ2n) is 2.53. The van der Waals surface area contributed by atoms with Gasteiger partial charge < -0.3 is 0 Å². The van der Waals surface area contributed by atoms with Crippen LogP contribution in [0.3, 0.4) is 0 Å². The fraction of sp³-hybridized carbons (Fsp3) is 0.857. The van der Waals surface area contributed by atoms with Crippen molar-refractivity contribution in [3.05, 3.63) is 0 Å². The maximum Gasteiger partial charge on any atom is 0.146 e. The maximum absolute atomic E-state index is 11.0. The zero-order valence-electron chi connectivity index (χ0n) is 5.40. The van der Waals surface area contributed by atoms with Gasteiger partial charge in [0, 0.05) is 6.42 Å². The van der Waals surface area contributed by atoms with Crippen molar-refractivity contribution < 1.29 is 4.79 Å². The van der Waals surface area contributed by atoms with E-state index in [2.05, 4.69) is 15.9 Å². The van der Waals surface area contributed by atoms with Gasteiger partial charge in [0.25, 0.3) is 0 Å². The number of ketones is 1. The third-order valence-corrected chi connectivity index (χ3v) is 2.70. The van der Waals surface area contributed by atoms with E-state index in [0.29, 0.717) is 5.78 Å². The molecule has 1 fully saturated rings. The minimum absolute atomic E-state index is 0.167. The maximum atomic E-state index is 11.0. The molecule has 9 heavy (non-hydrogen) atoms. The highest BCUT2D eigenvalue weighted by Crippen LogP contribution is 2.19. The molecule has 1 saturated carbocycles. The number of hydrogen-bond donors (Lipinski definition) is 0. The lowest BCUT2D eigenvalue weighted by atomic mass is 10.2. The molecule has 0 aromatic carbocycles. The first-order valence-corrected chi connectivity index (χ1v) is 4.39. The topological polar surface area (TPSA) is 17.1 Å². The molecule has 0 N–H and O–H groups in total. The molecule has 0 unspecified atom stereocenters. The Morgan fingerprint density at radius 2 is 2.11 bits per heavy atom. The quantitative estimate of drug-likeness (QED) is 0.424. The van der Waals surface area contributed by atoms with E-state index >= 15 is 0 Å². The average Bonchev–Trinajstić information content (AvgIpc) is 1.99. The molecule has 0 heterocycles. The normalized spacial score (nSPS) is 29.9. The molecule has 1 rings (SSSR count). The summed E-state index contributed by atoms with van der Waals surface area (Å²) in [6, 6.07) is 0. The average molecular weight is 191 g/mol. The van der Waals surface area contributed by atoms with Crippen molar-refractivity contribution in [3.8, 4) is 0 Å². The number of alkyl halides is 1. The van der Waals surface area contributed by atoms with Gasteiger partial charge in [0.15, 0.2) is 0 Å². The van der Waals surface area contributed by atoms with Crippen molar-refractivity contribution in [2.45, 2.75) is 36.9 Å². The summed E-state index contributed by atoms with van der Waals surface area (Å²) in [4.78, 5) is 11.1. The highest BCUT2D eigenvalue weighted by Gasteiger charge is 2.16. The van der Waals surface area contributed by atoms with E-state index in [4.69, 9.17) is 0 Å². The van der Waals surface area contributed by atoms with Crippen LogP contribution in [0.4, 0.5) is 0 Å². The van der Waals surface area contributed by atoms with Crippen LogP contribution in [0, 0.1) is 0 Å². The van der Waals surface area contributed by atoms with Crippen molar-refractivity contribution in [2.24, 2.45) is 0 Å². The van der Waals surface area contributed by atoms with Gasteiger partial charge in [-0.1, -0.05) is 28.8 Å². The van der Waals surface area contributed by atoms with E-state index in [1.54, 1.807) is 0 Å². The monoisotopic (exact) mass is 190 g/mol. The number of Topliss-reactive ketones (excluding diaryl/α,β-unsaturated/α-hetero) is 1. The number of hydrogen-bond acceptors (Lipinski definition) is 1. The lowest BCUT2D eigenvalue weighted by Crippen LogP contribution is -2.10. The van der Waals surface area contributed by atoms with Gasteiger partial charge in [0.05, 0.1) is 4.83 Å². The van der Waals surface area contributed by atoms with Crippen LogP contribution >= 0.6 is 15.9 Å². The fourth-order valence-electron chi connectivity index (χ4n) is 1.12. The summed E-state index contributed by atoms with van der Waals surface area (Å²) in [7, 11) is 0. The van der Waals surface area contributed by atoms with Gasteiger partial charge in [0.1, 0.15) is 5.78 Å². The molecule has 1 nitrogen and oxygen atoms in total. The van der Waals surface area contributed by atoms with E-state index in [0.717, 1.165) is 19.3 Å². The van der Waals surface area contributed by atoms with Crippen molar-refractivity contribution in [1.29, 1.82) is 0 Å². The zero-order chi connectivity index (χ0) is 6.69. The minimum Gasteiger partial charge on any atom is -0.298 e. The van der Waals surface area contributed by atoms with Crippen molar-refractivity contribution >= 4 is 21.7 Å². The van der Waals surface area contributed by atoms with Crippen molar-refractivity contribution in [1.82, 2.24) is 0 Å². The van der Waals surface area contributed by atoms with E-state index in [-0.39, 0.29) is 4.83 Å². The second kappa shape index (κ2) is 3.35. The van der Waals surface area contributed by atoms with Gasteiger partial charge in [-0.3, -0.25) is 4.79 Å². The van der Waals surface area contributed by atoms with Crippen LogP contribution in [0.2, 0.25) is 0 Å². The molecule has 1 aliphatic rings. The Morgan fingerprint density at radius 3 is 2.89 bits per heavy atom. The Bertz CT molecular complexity index is 111. The molecule has 0 bridgehead atoms. The Kier molecular flexibility index (Phi) is 2.70. The Balaban J connectivity index is 2.41. The molecular weight excluding hydrogens is 180 g/mol. The summed E-state index contributed by atoms with van der Waals surface area (Å²) in [6.07, 6.45) is 5.37. The van der Waals surface area contributed by atoms with Crippen LogP contribution in [-0.2, 0) is 4.79 Å². The van der Waals surface area contributed by atoms with Crippen LogP contribution in [0.25, 0.3) is 0 Å². The summed E-state index contributed by atoms with van der Waals surface area (Å²) in [6.45, 7) is 0. The molecule has 0 aromatic heterocycles. The summed E-state index contributed by atoms with van der Waals surface area (Å²) in [5.74, 6) is 0.396. The van der Waals surface area contributed by atoms with Crippen LogP contribution in [-0.4, -0.2) is 10.6 Å². The summed E-state index contributed by atoms with van der Waals surface area (Å²) in [5, 5.41) is 0. The largest absolute Gasteiger partial charge is 0.298 e. The summed E-state index contributed by atoms with van der Waals surface area (Å²) < 4.78 is 0. The minimum atomic E-state index is 0.167. The zero-order valence-corrected chi connectivity index (χ0v) is 6.99.